The van der Waals surface area contributed by atoms with Gasteiger partial charge in [-0.2, -0.15) is 0 Å². The van der Waals surface area contributed by atoms with Crippen molar-refractivity contribution in [3.05, 3.63) is 29.8 Å². The first kappa shape index (κ1) is 19.0. The zero-order valence-electron chi connectivity index (χ0n) is 14.7. The van der Waals surface area contributed by atoms with Crippen LogP contribution in [0.4, 0.5) is 0 Å². The maximum atomic E-state index is 12.6. The first-order valence-electron chi connectivity index (χ1n) is 8.65. The van der Waals surface area contributed by atoms with E-state index in [4.69, 9.17) is 9.84 Å². The molecule has 0 spiro atoms. The highest BCUT2D eigenvalue weighted by molar-refractivity contribution is 5.94. The van der Waals surface area contributed by atoms with Gasteiger partial charge >= 0.3 is 5.97 Å². The highest BCUT2D eigenvalue weighted by Gasteiger charge is 2.28. The molecular weight excluding hydrogens is 322 g/mol. The summed E-state index contributed by atoms with van der Waals surface area (Å²) < 4.78 is 5.72. The normalized spacial score (nSPS) is 18.5. The van der Waals surface area contributed by atoms with Crippen LogP contribution in [0.2, 0.25) is 0 Å². The molecule has 2 rings (SSSR count). The van der Waals surface area contributed by atoms with Crippen molar-refractivity contribution in [2.24, 2.45) is 5.92 Å². The molecule has 1 aliphatic rings. The second kappa shape index (κ2) is 8.65. The Labute approximate surface area is 147 Å². The number of rotatable bonds is 7. The monoisotopic (exact) mass is 347 g/mol. The van der Waals surface area contributed by atoms with Crippen LogP contribution < -0.4 is 4.74 Å². The van der Waals surface area contributed by atoms with Gasteiger partial charge in [0.05, 0.1) is 0 Å². The van der Waals surface area contributed by atoms with Crippen LogP contribution in [0.1, 0.15) is 49.9 Å². The number of hydrogen-bond donors (Lipinski definition) is 1. The second-order valence-corrected chi connectivity index (χ2v) is 6.57. The number of likely N-dealkylation sites (tertiary alicyclic amines) is 1. The zero-order chi connectivity index (χ0) is 18.4. The molecule has 1 heterocycles. The van der Waals surface area contributed by atoms with E-state index < -0.39 is 12.1 Å². The van der Waals surface area contributed by atoms with Crippen molar-refractivity contribution < 1.29 is 24.2 Å². The number of hydrogen-bond acceptors (Lipinski definition) is 4. The van der Waals surface area contributed by atoms with E-state index in [-0.39, 0.29) is 24.0 Å². The topological polar surface area (TPSA) is 83.9 Å². The van der Waals surface area contributed by atoms with Crippen LogP contribution in [-0.4, -0.2) is 46.9 Å². The number of carboxylic acid groups (broad SMARTS) is 1. The van der Waals surface area contributed by atoms with Gasteiger partial charge in [0, 0.05) is 25.1 Å². The third-order valence-electron chi connectivity index (χ3n) is 4.50. The first-order chi connectivity index (χ1) is 11.9. The first-order valence-corrected chi connectivity index (χ1v) is 8.65. The molecule has 1 amide bonds. The molecule has 1 fully saturated rings. The number of benzene rings is 1. The minimum absolute atomic E-state index is 0.0540. The number of ketones is 1. The molecule has 0 aliphatic carbocycles. The van der Waals surface area contributed by atoms with Crippen molar-refractivity contribution in [2.75, 3.05) is 13.1 Å². The molecule has 1 saturated heterocycles. The van der Waals surface area contributed by atoms with Gasteiger partial charge in [0.2, 0.25) is 0 Å². The fourth-order valence-corrected chi connectivity index (χ4v) is 3.13. The number of ether oxygens (including phenoxy) is 1. The van der Waals surface area contributed by atoms with Gasteiger partial charge in [-0.3, -0.25) is 14.4 Å². The van der Waals surface area contributed by atoms with Gasteiger partial charge in [0.1, 0.15) is 5.75 Å². The highest BCUT2D eigenvalue weighted by atomic mass is 16.5. The van der Waals surface area contributed by atoms with Gasteiger partial charge in [0.15, 0.2) is 11.9 Å². The summed E-state index contributed by atoms with van der Waals surface area (Å²) in [7, 11) is 0. The van der Waals surface area contributed by atoms with Gasteiger partial charge in [-0.1, -0.05) is 12.1 Å². The number of piperidine rings is 1. The molecule has 1 N–H and O–H groups in total. The molecule has 6 nitrogen and oxygen atoms in total. The Morgan fingerprint density at radius 2 is 2.12 bits per heavy atom. The van der Waals surface area contributed by atoms with Gasteiger partial charge in [-0.15, -0.1) is 0 Å². The molecule has 6 heteroatoms. The molecule has 136 valence electrons. The molecule has 0 radical (unpaired) electrons. The zero-order valence-corrected chi connectivity index (χ0v) is 14.7. The second-order valence-electron chi connectivity index (χ2n) is 6.57. The maximum absolute atomic E-state index is 12.6. The Morgan fingerprint density at radius 3 is 2.80 bits per heavy atom. The molecule has 0 bridgehead atoms. The summed E-state index contributed by atoms with van der Waals surface area (Å²) in [6.07, 6.45) is 1.90. The summed E-state index contributed by atoms with van der Waals surface area (Å²) in [5, 5.41) is 8.81. The fourth-order valence-electron chi connectivity index (χ4n) is 3.13. The molecule has 1 aliphatic heterocycles. The van der Waals surface area contributed by atoms with E-state index in [0.717, 1.165) is 12.8 Å². The Balaban J connectivity index is 1.93. The summed E-state index contributed by atoms with van der Waals surface area (Å²) in [6.45, 7) is 4.43. The molecule has 0 aromatic heterocycles. The van der Waals surface area contributed by atoms with Crippen molar-refractivity contribution in [3.63, 3.8) is 0 Å². The lowest BCUT2D eigenvalue weighted by Gasteiger charge is -2.34. The molecule has 25 heavy (non-hydrogen) atoms. The largest absolute Gasteiger partial charge is 0.481 e. The molecule has 2 atom stereocenters. The molecular formula is C19H25NO5. The van der Waals surface area contributed by atoms with Crippen LogP contribution >= 0.6 is 0 Å². The van der Waals surface area contributed by atoms with Crippen LogP contribution in [0.25, 0.3) is 0 Å². The van der Waals surface area contributed by atoms with E-state index in [1.807, 2.05) is 0 Å². The average Bonchev–Trinajstić information content (AvgIpc) is 2.59. The number of amides is 1. The standard InChI is InChI=1S/C19H25NO5/c1-13(21)16-6-3-7-17(11-16)25-14(2)19(24)20-10-4-5-15(12-20)8-9-18(22)23/h3,6-7,11,14-15H,4-5,8-10,12H2,1-2H3,(H,22,23). The van der Waals surface area contributed by atoms with Crippen LogP contribution in [0.15, 0.2) is 24.3 Å². The Kier molecular flexibility index (Phi) is 6.56. The number of aliphatic carboxylic acids is 1. The predicted octanol–water partition coefficient (Wildman–Crippen LogP) is 2.76. The number of carbonyl (C=O) groups is 3. The number of nitrogens with zero attached hydrogens (tertiary/aromatic N) is 1. The summed E-state index contributed by atoms with van der Waals surface area (Å²) in [5.74, 6) is -0.240. The Hall–Kier alpha value is -2.37. The summed E-state index contributed by atoms with van der Waals surface area (Å²) in [6, 6.07) is 6.80. The smallest absolute Gasteiger partial charge is 0.303 e. The van der Waals surface area contributed by atoms with E-state index in [9.17, 15) is 14.4 Å². The van der Waals surface area contributed by atoms with Gasteiger partial charge in [-0.05, 0) is 51.2 Å². The van der Waals surface area contributed by atoms with Gasteiger partial charge < -0.3 is 14.7 Å². The van der Waals surface area contributed by atoms with E-state index >= 15 is 0 Å². The molecule has 1 aromatic rings. The Morgan fingerprint density at radius 1 is 1.36 bits per heavy atom. The minimum Gasteiger partial charge on any atom is -0.481 e. The van der Waals surface area contributed by atoms with Gasteiger partial charge in [-0.25, -0.2) is 0 Å². The van der Waals surface area contributed by atoms with Crippen LogP contribution in [0, 0.1) is 5.92 Å². The van der Waals surface area contributed by atoms with Crippen LogP contribution in [0.5, 0.6) is 5.75 Å². The molecule has 0 saturated carbocycles. The number of Topliss-reactive ketones (excluding diaryl/α,β-unsaturated/α-hetero) is 1. The lowest BCUT2D eigenvalue weighted by atomic mass is 9.93. The van der Waals surface area contributed by atoms with Gasteiger partial charge in [0.25, 0.3) is 5.91 Å². The van der Waals surface area contributed by atoms with Crippen molar-refractivity contribution >= 4 is 17.7 Å². The number of carboxylic acids is 1. The maximum Gasteiger partial charge on any atom is 0.303 e. The van der Waals surface area contributed by atoms with E-state index in [0.29, 0.717) is 30.8 Å². The van der Waals surface area contributed by atoms with Crippen molar-refractivity contribution in [3.8, 4) is 5.75 Å². The van der Waals surface area contributed by atoms with Crippen LogP contribution in [0.3, 0.4) is 0 Å². The highest BCUT2D eigenvalue weighted by Crippen LogP contribution is 2.23. The molecule has 1 aromatic carbocycles. The summed E-state index contributed by atoms with van der Waals surface area (Å²) in [5.41, 5.74) is 0.545. The third-order valence-corrected chi connectivity index (χ3v) is 4.50. The SMILES string of the molecule is CC(=O)c1cccc(OC(C)C(=O)N2CCCC(CCC(=O)O)C2)c1. The summed E-state index contributed by atoms with van der Waals surface area (Å²) in [4.78, 5) is 36.5. The third kappa shape index (κ3) is 5.59. The molecule has 2 unspecified atom stereocenters. The number of carbonyl (C=O) groups excluding carboxylic acids is 2. The van der Waals surface area contributed by atoms with E-state index in [2.05, 4.69) is 0 Å². The van der Waals surface area contributed by atoms with Crippen molar-refractivity contribution in [2.45, 2.75) is 45.6 Å². The minimum atomic E-state index is -0.800. The lowest BCUT2D eigenvalue weighted by molar-refractivity contribution is -0.140. The van der Waals surface area contributed by atoms with Crippen LogP contribution in [-0.2, 0) is 9.59 Å². The fraction of sp³-hybridized carbons (Fsp3) is 0.526. The lowest BCUT2D eigenvalue weighted by Crippen LogP contribution is -2.45. The van der Waals surface area contributed by atoms with E-state index in [1.165, 1.54) is 6.92 Å². The predicted molar refractivity (Wildman–Crippen MR) is 92.7 cm³/mol. The average molecular weight is 347 g/mol. The Bertz CT molecular complexity index is 642. The summed E-state index contributed by atoms with van der Waals surface area (Å²) >= 11 is 0. The van der Waals surface area contributed by atoms with Crippen molar-refractivity contribution in [1.29, 1.82) is 0 Å². The quantitative estimate of drug-likeness (QED) is 0.767. The van der Waals surface area contributed by atoms with E-state index in [1.54, 1.807) is 36.1 Å². The van der Waals surface area contributed by atoms with Crippen molar-refractivity contribution in [1.82, 2.24) is 4.90 Å².